The van der Waals surface area contributed by atoms with E-state index in [9.17, 15) is 0 Å². The molecule has 0 radical (unpaired) electrons. The van der Waals surface area contributed by atoms with Gasteiger partial charge in [-0.05, 0) is 78.1 Å². The van der Waals surface area contributed by atoms with Crippen LogP contribution < -0.4 is 11.1 Å². The van der Waals surface area contributed by atoms with Gasteiger partial charge in [-0.15, -0.1) is 0 Å². The summed E-state index contributed by atoms with van der Waals surface area (Å²) in [6.07, 6.45) is 10.7. The first kappa shape index (κ1) is 15.6. The minimum absolute atomic E-state index is 0.0567. The van der Waals surface area contributed by atoms with E-state index in [1.165, 1.54) is 51.4 Å². The smallest absolute Gasteiger partial charge is 0.0549 e. The number of nitrogens with one attached hydrogen (secondary N) is 1. The van der Waals surface area contributed by atoms with Crippen LogP contribution in [0.15, 0.2) is 22.7 Å². The Morgan fingerprint density at radius 3 is 2.33 bits per heavy atom. The van der Waals surface area contributed by atoms with Crippen molar-refractivity contribution in [2.45, 2.75) is 56.9 Å². The average Bonchev–Trinajstić information content (AvgIpc) is 2.95. The Kier molecular flexibility index (Phi) is 4.54. The Labute approximate surface area is 140 Å². The summed E-state index contributed by atoms with van der Waals surface area (Å²) >= 11 is 9.57. The van der Waals surface area contributed by atoms with Crippen LogP contribution >= 0.6 is 27.5 Å². The molecule has 0 saturated heterocycles. The highest BCUT2D eigenvalue weighted by Crippen LogP contribution is 2.51. The van der Waals surface area contributed by atoms with Crippen LogP contribution in [0.1, 0.15) is 51.4 Å². The van der Waals surface area contributed by atoms with Crippen molar-refractivity contribution in [2.75, 3.05) is 11.9 Å². The Morgan fingerprint density at radius 2 is 1.76 bits per heavy atom. The fraction of sp³-hybridized carbons (Fsp3) is 0.647. The Balaban J connectivity index is 1.71. The largest absolute Gasteiger partial charge is 0.378 e. The van der Waals surface area contributed by atoms with Crippen molar-refractivity contribution in [3.8, 4) is 0 Å². The molecule has 1 spiro atoms. The summed E-state index contributed by atoms with van der Waals surface area (Å²) in [4.78, 5) is 0. The van der Waals surface area contributed by atoms with Crippen LogP contribution in [0.5, 0.6) is 0 Å². The van der Waals surface area contributed by atoms with Gasteiger partial charge in [-0.2, -0.15) is 0 Å². The van der Waals surface area contributed by atoms with Gasteiger partial charge in [0.2, 0.25) is 0 Å². The standard InChI is InChI=1S/C17H24BrClN2/c18-14-11-13(3-4-15(14)19)21-17(12-20)9-7-16(8-10-17)5-1-2-6-16/h3-4,11,21H,1-2,5-10,12,20H2. The summed E-state index contributed by atoms with van der Waals surface area (Å²) in [5, 5.41) is 4.45. The van der Waals surface area contributed by atoms with E-state index in [-0.39, 0.29) is 5.54 Å². The first-order chi connectivity index (χ1) is 10.1. The molecule has 3 rings (SSSR count). The molecular weight excluding hydrogens is 348 g/mol. The number of nitrogens with two attached hydrogens (primary N) is 1. The van der Waals surface area contributed by atoms with Crippen molar-refractivity contribution in [1.82, 2.24) is 0 Å². The fourth-order valence-corrected chi connectivity index (χ4v) is 4.64. The van der Waals surface area contributed by atoms with E-state index in [0.29, 0.717) is 12.0 Å². The van der Waals surface area contributed by atoms with Crippen molar-refractivity contribution < 1.29 is 0 Å². The highest BCUT2D eigenvalue weighted by Gasteiger charge is 2.43. The maximum atomic E-state index is 6.14. The third kappa shape index (κ3) is 3.25. The second-order valence-electron chi connectivity index (χ2n) is 6.95. The van der Waals surface area contributed by atoms with Crippen molar-refractivity contribution >= 4 is 33.2 Å². The van der Waals surface area contributed by atoms with E-state index >= 15 is 0 Å². The summed E-state index contributed by atoms with van der Waals surface area (Å²) in [6, 6.07) is 6.03. The van der Waals surface area contributed by atoms with Crippen LogP contribution in [0, 0.1) is 5.41 Å². The number of rotatable bonds is 3. The first-order valence-electron chi connectivity index (χ1n) is 8.00. The maximum absolute atomic E-state index is 6.14. The second-order valence-corrected chi connectivity index (χ2v) is 8.21. The summed E-state index contributed by atoms with van der Waals surface area (Å²) in [7, 11) is 0. The summed E-state index contributed by atoms with van der Waals surface area (Å²) in [5.41, 5.74) is 7.95. The number of hydrogen-bond donors (Lipinski definition) is 2. The highest BCUT2D eigenvalue weighted by atomic mass is 79.9. The molecule has 2 fully saturated rings. The van der Waals surface area contributed by atoms with Crippen LogP contribution in [0.25, 0.3) is 0 Å². The van der Waals surface area contributed by atoms with Gasteiger partial charge in [0, 0.05) is 22.2 Å². The topological polar surface area (TPSA) is 38.0 Å². The van der Waals surface area contributed by atoms with Gasteiger partial charge in [0.05, 0.1) is 5.02 Å². The Morgan fingerprint density at radius 1 is 1.10 bits per heavy atom. The summed E-state index contributed by atoms with van der Waals surface area (Å²) in [5.74, 6) is 0. The molecule has 0 unspecified atom stereocenters. The predicted molar refractivity (Wildman–Crippen MR) is 93.9 cm³/mol. The van der Waals surface area contributed by atoms with Crippen LogP contribution in [0.2, 0.25) is 5.02 Å². The highest BCUT2D eigenvalue weighted by molar-refractivity contribution is 9.10. The molecule has 2 aliphatic carbocycles. The minimum atomic E-state index is 0.0567. The number of halogens is 2. The van der Waals surface area contributed by atoms with Gasteiger partial charge in [-0.1, -0.05) is 24.4 Å². The molecule has 1 aromatic carbocycles. The van der Waals surface area contributed by atoms with Crippen LogP contribution in [-0.4, -0.2) is 12.1 Å². The van der Waals surface area contributed by atoms with E-state index in [1.807, 2.05) is 12.1 Å². The zero-order valence-corrected chi connectivity index (χ0v) is 14.8. The van der Waals surface area contributed by atoms with Gasteiger partial charge >= 0.3 is 0 Å². The molecule has 0 atom stereocenters. The van der Waals surface area contributed by atoms with Gasteiger partial charge in [-0.25, -0.2) is 0 Å². The SMILES string of the molecule is NCC1(Nc2ccc(Cl)c(Br)c2)CCC2(CCCC2)CC1. The van der Waals surface area contributed by atoms with Crippen molar-refractivity contribution in [1.29, 1.82) is 0 Å². The molecule has 2 saturated carbocycles. The molecule has 21 heavy (non-hydrogen) atoms. The molecule has 1 aromatic rings. The Hall–Kier alpha value is -0.250. The molecule has 0 bridgehead atoms. The quantitative estimate of drug-likeness (QED) is 0.752. The first-order valence-corrected chi connectivity index (χ1v) is 9.17. The van der Waals surface area contributed by atoms with Gasteiger partial charge in [0.1, 0.15) is 0 Å². The fourth-order valence-electron chi connectivity index (χ4n) is 4.14. The lowest BCUT2D eigenvalue weighted by molar-refractivity contribution is 0.148. The van der Waals surface area contributed by atoms with Gasteiger partial charge in [0.25, 0.3) is 0 Å². The summed E-state index contributed by atoms with van der Waals surface area (Å²) in [6.45, 7) is 0.698. The zero-order valence-electron chi connectivity index (χ0n) is 12.4. The summed E-state index contributed by atoms with van der Waals surface area (Å²) < 4.78 is 0.935. The molecule has 0 amide bonds. The molecule has 3 N–H and O–H groups in total. The zero-order chi connectivity index (χ0) is 14.9. The Bertz CT molecular complexity index is 502. The van der Waals surface area contributed by atoms with Gasteiger partial charge < -0.3 is 11.1 Å². The third-order valence-corrected chi connectivity index (χ3v) is 6.87. The molecule has 116 valence electrons. The lowest BCUT2D eigenvalue weighted by Gasteiger charge is -2.45. The van der Waals surface area contributed by atoms with Crippen molar-refractivity contribution in [2.24, 2.45) is 11.1 Å². The number of anilines is 1. The second kappa shape index (κ2) is 6.10. The lowest BCUT2D eigenvalue weighted by atomic mass is 9.66. The van der Waals surface area contributed by atoms with Gasteiger partial charge in [-0.3, -0.25) is 0 Å². The molecule has 2 nitrogen and oxygen atoms in total. The molecule has 2 aliphatic rings. The van der Waals surface area contributed by atoms with E-state index in [2.05, 4.69) is 27.3 Å². The van der Waals surface area contributed by atoms with Crippen molar-refractivity contribution in [3.05, 3.63) is 27.7 Å². The van der Waals surface area contributed by atoms with E-state index in [0.717, 1.165) is 15.2 Å². The molecular formula is C17H24BrClN2. The lowest BCUT2D eigenvalue weighted by Crippen LogP contribution is -2.50. The number of benzene rings is 1. The minimum Gasteiger partial charge on any atom is -0.378 e. The predicted octanol–water partition coefficient (Wildman–Crippen LogP) is 5.35. The van der Waals surface area contributed by atoms with E-state index < -0.39 is 0 Å². The normalized spacial score (nSPS) is 23.4. The van der Waals surface area contributed by atoms with Crippen molar-refractivity contribution in [3.63, 3.8) is 0 Å². The molecule has 0 heterocycles. The van der Waals surface area contributed by atoms with Gasteiger partial charge in [0.15, 0.2) is 0 Å². The molecule has 0 aliphatic heterocycles. The van der Waals surface area contributed by atoms with Crippen LogP contribution in [-0.2, 0) is 0 Å². The van der Waals surface area contributed by atoms with E-state index in [1.54, 1.807) is 0 Å². The van der Waals surface area contributed by atoms with E-state index in [4.69, 9.17) is 17.3 Å². The average molecular weight is 372 g/mol. The van der Waals surface area contributed by atoms with Crippen LogP contribution in [0.4, 0.5) is 5.69 Å². The van der Waals surface area contributed by atoms with Crippen LogP contribution in [0.3, 0.4) is 0 Å². The monoisotopic (exact) mass is 370 g/mol. The molecule has 0 aromatic heterocycles. The third-order valence-electron chi connectivity index (χ3n) is 5.65. The number of hydrogen-bond acceptors (Lipinski definition) is 2. The molecule has 4 heteroatoms. The maximum Gasteiger partial charge on any atom is 0.0549 e.